The summed E-state index contributed by atoms with van der Waals surface area (Å²) in [5, 5.41) is 4.88. The third kappa shape index (κ3) is 5.44. The highest BCUT2D eigenvalue weighted by atomic mass is 15.1. The molecule has 10 aromatic rings. The molecule has 0 saturated carbocycles. The molecule has 10 rings (SSSR count). The zero-order valence-electron chi connectivity index (χ0n) is 29.7. The summed E-state index contributed by atoms with van der Waals surface area (Å²) in [5.74, 6) is 0. The lowest BCUT2D eigenvalue weighted by molar-refractivity contribution is 1.18. The first-order chi connectivity index (χ1) is 26.8. The Balaban J connectivity index is 1.23. The van der Waals surface area contributed by atoms with E-state index in [9.17, 15) is 0 Å². The van der Waals surface area contributed by atoms with Gasteiger partial charge in [-0.1, -0.05) is 170 Å². The topological polar surface area (TPSA) is 8.17 Å². The number of anilines is 3. The molecule has 0 N–H and O–H groups in total. The van der Waals surface area contributed by atoms with E-state index in [1.54, 1.807) is 0 Å². The maximum Gasteiger partial charge on any atom is 0.0561 e. The van der Waals surface area contributed by atoms with Gasteiger partial charge in [-0.05, 0) is 87.3 Å². The third-order valence-corrected chi connectivity index (χ3v) is 10.6. The van der Waals surface area contributed by atoms with E-state index in [0.717, 1.165) is 22.7 Å². The Morgan fingerprint density at radius 2 is 0.833 bits per heavy atom. The standard InChI is InChI=1S/C52H36N2/c1-4-17-37(18-5-1)43-25-10-11-26-44(43)39-21-16-24-41(35-39)53(51-34-33-45(38-19-6-2-7-20-38)46-27-12-13-28-47(46)51)42-31-32-49-48-29-14-15-30-50(48)54(52(49)36-42)40-22-8-3-9-23-40/h1-36H. The molecule has 0 bridgehead atoms. The fourth-order valence-corrected chi connectivity index (χ4v) is 8.14. The lowest BCUT2D eigenvalue weighted by Crippen LogP contribution is -2.11. The van der Waals surface area contributed by atoms with Crippen molar-refractivity contribution in [3.05, 3.63) is 218 Å². The molecule has 9 aromatic carbocycles. The van der Waals surface area contributed by atoms with Crippen LogP contribution in [0.5, 0.6) is 0 Å². The van der Waals surface area contributed by atoms with Gasteiger partial charge in [-0.25, -0.2) is 0 Å². The average Bonchev–Trinajstić information content (AvgIpc) is 3.58. The van der Waals surface area contributed by atoms with Crippen molar-refractivity contribution in [2.75, 3.05) is 4.90 Å². The minimum absolute atomic E-state index is 1.09. The number of hydrogen-bond acceptors (Lipinski definition) is 1. The monoisotopic (exact) mass is 688 g/mol. The smallest absolute Gasteiger partial charge is 0.0561 e. The van der Waals surface area contributed by atoms with Crippen LogP contribution < -0.4 is 4.90 Å². The Morgan fingerprint density at radius 3 is 1.57 bits per heavy atom. The van der Waals surface area contributed by atoms with Crippen LogP contribution in [0.1, 0.15) is 0 Å². The largest absolute Gasteiger partial charge is 0.310 e. The molecule has 1 heterocycles. The second kappa shape index (κ2) is 13.4. The Morgan fingerprint density at radius 1 is 0.296 bits per heavy atom. The van der Waals surface area contributed by atoms with Gasteiger partial charge in [-0.2, -0.15) is 0 Å². The molecule has 0 spiro atoms. The van der Waals surface area contributed by atoms with Gasteiger partial charge in [0.2, 0.25) is 0 Å². The fourth-order valence-electron chi connectivity index (χ4n) is 8.14. The summed E-state index contributed by atoms with van der Waals surface area (Å²) in [7, 11) is 0. The van der Waals surface area contributed by atoms with E-state index in [0.29, 0.717) is 0 Å². The third-order valence-electron chi connectivity index (χ3n) is 10.6. The van der Waals surface area contributed by atoms with Crippen molar-refractivity contribution in [1.82, 2.24) is 4.57 Å². The number of para-hydroxylation sites is 2. The molecule has 1 aromatic heterocycles. The summed E-state index contributed by atoms with van der Waals surface area (Å²) >= 11 is 0. The normalized spacial score (nSPS) is 11.3. The van der Waals surface area contributed by atoms with Crippen molar-refractivity contribution in [2.45, 2.75) is 0 Å². The summed E-state index contributed by atoms with van der Waals surface area (Å²) < 4.78 is 2.40. The number of fused-ring (bicyclic) bond motifs is 4. The molecule has 0 saturated heterocycles. The van der Waals surface area contributed by atoms with Crippen LogP contribution in [0.15, 0.2) is 218 Å². The first-order valence-corrected chi connectivity index (χ1v) is 18.5. The van der Waals surface area contributed by atoms with Crippen LogP contribution in [-0.2, 0) is 0 Å². The Hall–Kier alpha value is -7.16. The quantitative estimate of drug-likeness (QED) is 0.162. The summed E-state index contributed by atoms with van der Waals surface area (Å²) in [6.07, 6.45) is 0. The van der Waals surface area contributed by atoms with E-state index < -0.39 is 0 Å². The molecular formula is C52H36N2. The average molecular weight is 689 g/mol. The summed E-state index contributed by atoms with van der Waals surface area (Å²) in [5.41, 5.74) is 14.0. The first-order valence-electron chi connectivity index (χ1n) is 18.5. The van der Waals surface area contributed by atoms with Crippen molar-refractivity contribution in [2.24, 2.45) is 0 Å². The molecule has 0 aliphatic carbocycles. The highest BCUT2D eigenvalue weighted by Gasteiger charge is 2.21. The van der Waals surface area contributed by atoms with Gasteiger partial charge in [0.25, 0.3) is 0 Å². The summed E-state index contributed by atoms with van der Waals surface area (Å²) in [4.78, 5) is 2.44. The second-order valence-corrected chi connectivity index (χ2v) is 13.7. The molecular weight excluding hydrogens is 653 g/mol. The van der Waals surface area contributed by atoms with Gasteiger partial charge >= 0.3 is 0 Å². The molecule has 0 radical (unpaired) electrons. The predicted molar refractivity (Wildman–Crippen MR) is 229 cm³/mol. The van der Waals surface area contributed by atoms with E-state index in [1.807, 2.05) is 0 Å². The van der Waals surface area contributed by atoms with Gasteiger partial charge in [0.05, 0.1) is 16.7 Å². The van der Waals surface area contributed by atoms with Crippen molar-refractivity contribution >= 4 is 49.6 Å². The van der Waals surface area contributed by atoms with Crippen LogP contribution in [-0.4, -0.2) is 4.57 Å². The molecule has 2 heteroatoms. The molecule has 0 aliphatic heterocycles. The van der Waals surface area contributed by atoms with E-state index in [1.165, 1.54) is 66.0 Å². The Kier molecular flexibility index (Phi) is 7.85. The molecule has 54 heavy (non-hydrogen) atoms. The van der Waals surface area contributed by atoms with E-state index in [4.69, 9.17) is 0 Å². The van der Waals surface area contributed by atoms with Gasteiger partial charge in [-0.3, -0.25) is 0 Å². The van der Waals surface area contributed by atoms with E-state index >= 15 is 0 Å². The predicted octanol–water partition coefficient (Wildman–Crippen LogP) is 14.4. The second-order valence-electron chi connectivity index (χ2n) is 13.7. The van der Waals surface area contributed by atoms with Gasteiger partial charge in [-0.15, -0.1) is 0 Å². The number of rotatable bonds is 7. The molecule has 0 amide bonds. The van der Waals surface area contributed by atoms with Crippen LogP contribution in [0.2, 0.25) is 0 Å². The van der Waals surface area contributed by atoms with Crippen LogP contribution in [0.25, 0.3) is 71.6 Å². The highest BCUT2D eigenvalue weighted by Crippen LogP contribution is 2.45. The number of hydrogen-bond donors (Lipinski definition) is 0. The van der Waals surface area contributed by atoms with Crippen LogP contribution >= 0.6 is 0 Å². The maximum atomic E-state index is 2.44. The van der Waals surface area contributed by atoms with Crippen molar-refractivity contribution in [3.8, 4) is 39.1 Å². The minimum atomic E-state index is 1.09. The first kappa shape index (κ1) is 31.6. The Bertz CT molecular complexity index is 2930. The van der Waals surface area contributed by atoms with E-state index in [2.05, 4.69) is 228 Å². The lowest BCUT2D eigenvalue weighted by Gasteiger charge is -2.28. The molecule has 0 fully saturated rings. The van der Waals surface area contributed by atoms with Crippen LogP contribution in [0.3, 0.4) is 0 Å². The molecule has 2 nitrogen and oxygen atoms in total. The summed E-state index contributed by atoms with van der Waals surface area (Å²) in [6, 6.07) is 78.9. The van der Waals surface area contributed by atoms with E-state index in [-0.39, 0.29) is 0 Å². The SMILES string of the molecule is c1ccc(-c2ccccc2-c2cccc(N(c3ccc4c5ccccc5n(-c5ccccc5)c4c3)c3ccc(-c4ccccc4)c4ccccc34)c2)cc1. The lowest BCUT2D eigenvalue weighted by atomic mass is 9.94. The summed E-state index contributed by atoms with van der Waals surface area (Å²) in [6.45, 7) is 0. The highest BCUT2D eigenvalue weighted by molar-refractivity contribution is 6.11. The van der Waals surface area contributed by atoms with Gasteiger partial charge < -0.3 is 9.47 Å². The molecule has 0 atom stereocenters. The van der Waals surface area contributed by atoms with Gasteiger partial charge in [0, 0.05) is 33.2 Å². The van der Waals surface area contributed by atoms with Crippen molar-refractivity contribution in [1.29, 1.82) is 0 Å². The number of nitrogens with zero attached hydrogens (tertiary/aromatic N) is 2. The van der Waals surface area contributed by atoms with Gasteiger partial charge in [0.15, 0.2) is 0 Å². The zero-order chi connectivity index (χ0) is 35.8. The Labute approximate surface area is 315 Å². The number of benzene rings is 9. The minimum Gasteiger partial charge on any atom is -0.310 e. The van der Waals surface area contributed by atoms with Crippen LogP contribution in [0.4, 0.5) is 17.1 Å². The zero-order valence-corrected chi connectivity index (χ0v) is 29.7. The van der Waals surface area contributed by atoms with Gasteiger partial charge in [0.1, 0.15) is 0 Å². The van der Waals surface area contributed by atoms with Crippen molar-refractivity contribution in [3.63, 3.8) is 0 Å². The molecule has 254 valence electrons. The van der Waals surface area contributed by atoms with Crippen LogP contribution in [0, 0.1) is 0 Å². The van der Waals surface area contributed by atoms with Crippen molar-refractivity contribution < 1.29 is 0 Å². The molecule has 0 unspecified atom stereocenters. The fraction of sp³-hybridized carbons (Fsp3) is 0. The molecule has 0 aliphatic rings. The number of aromatic nitrogens is 1. The maximum absolute atomic E-state index is 2.44.